The number of imidazole rings is 1. The predicted octanol–water partition coefficient (Wildman–Crippen LogP) is 4.39. The third kappa shape index (κ3) is 1.61. The number of aryl methyl sites for hydroxylation is 1. The lowest BCUT2D eigenvalue weighted by Gasteiger charge is -2.21. The number of rotatable bonds is 0. The van der Waals surface area contributed by atoms with Crippen molar-refractivity contribution in [2.24, 2.45) is 0 Å². The van der Waals surface area contributed by atoms with Crippen molar-refractivity contribution in [1.82, 2.24) is 9.55 Å². The van der Waals surface area contributed by atoms with E-state index in [1.165, 1.54) is 21.6 Å². The lowest BCUT2D eigenvalue weighted by molar-refractivity contribution is 0.663. The minimum Gasteiger partial charge on any atom is -0.308 e. The molecular formula is C16H14N2S. The van der Waals surface area contributed by atoms with Crippen LogP contribution in [0.3, 0.4) is 0 Å². The summed E-state index contributed by atoms with van der Waals surface area (Å²) in [6.07, 6.45) is 8.90. The molecule has 0 amide bonds. The van der Waals surface area contributed by atoms with E-state index in [1.807, 2.05) is 0 Å². The SMILES string of the molecule is CC1=CC=CC2C=C1Sc1nc3ccc(C)cc3n12. The van der Waals surface area contributed by atoms with Crippen LogP contribution in [0.5, 0.6) is 0 Å². The molecule has 0 saturated carbocycles. The molecule has 19 heavy (non-hydrogen) atoms. The molecule has 0 spiro atoms. The van der Waals surface area contributed by atoms with Crippen LogP contribution in [0.15, 0.2) is 58.1 Å². The summed E-state index contributed by atoms with van der Waals surface area (Å²) in [6.45, 7) is 4.29. The molecule has 2 nitrogen and oxygen atoms in total. The van der Waals surface area contributed by atoms with Gasteiger partial charge in [0.15, 0.2) is 5.16 Å². The number of fused-ring (bicyclic) bond motifs is 5. The molecule has 0 radical (unpaired) electrons. The third-order valence-corrected chi connectivity index (χ3v) is 4.83. The smallest absolute Gasteiger partial charge is 0.174 e. The molecule has 1 aliphatic heterocycles. The first-order valence-electron chi connectivity index (χ1n) is 6.46. The van der Waals surface area contributed by atoms with Crippen LogP contribution in [0.2, 0.25) is 0 Å². The molecule has 2 heterocycles. The molecule has 94 valence electrons. The first-order chi connectivity index (χ1) is 9.22. The van der Waals surface area contributed by atoms with E-state index >= 15 is 0 Å². The molecule has 2 aromatic rings. The van der Waals surface area contributed by atoms with Gasteiger partial charge in [0.1, 0.15) is 0 Å². The highest BCUT2D eigenvalue weighted by atomic mass is 32.2. The molecule has 1 aromatic carbocycles. The van der Waals surface area contributed by atoms with Crippen LogP contribution in [0.4, 0.5) is 0 Å². The Morgan fingerprint density at radius 1 is 1.26 bits per heavy atom. The zero-order chi connectivity index (χ0) is 13.0. The van der Waals surface area contributed by atoms with Gasteiger partial charge in [0.05, 0.1) is 17.1 Å². The molecule has 1 atom stereocenters. The predicted molar refractivity (Wildman–Crippen MR) is 80.3 cm³/mol. The molecule has 0 saturated heterocycles. The van der Waals surface area contributed by atoms with Gasteiger partial charge in [-0.15, -0.1) is 0 Å². The normalized spacial score (nSPS) is 20.8. The van der Waals surface area contributed by atoms with Gasteiger partial charge in [-0.05, 0) is 43.2 Å². The van der Waals surface area contributed by atoms with Crippen molar-refractivity contribution in [2.75, 3.05) is 0 Å². The lowest BCUT2D eigenvalue weighted by atomic mass is 10.2. The van der Waals surface area contributed by atoms with E-state index in [9.17, 15) is 0 Å². The topological polar surface area (TPSA) is 17.8 Å². The quantitative estimate of drug-likeness (QED) is 0.703. The Kier molecular flexibility index (Phi) is 2.27. The average Bonchev–Trinajstić information content (AvgIpc) is 2.68. The second kappa shape index (κ2) is 3.87. The number of aromatic nitrogens is 2. The van der Waals surface area contributed by atoms with Crippen molar-refractivity contribution < 1.29 is 0 Å². The number of hydrogen-bond acceptors (Lipinski definition) is 2. The summed E-state index contributed by atoms with van der Waals surface area (Å²) >= 11 is 1.77. The third-order valence-electron chi connectivity index (χ3n) is 3.68. The largest absolute Gasteiger partial charge is 0.308 e. The van der Waals surface area contributed by atoms with Crippen molar-refractivity contribution in [2.45, 2.75) is 25.0 Å². The summed E-state index contributed by atoms with van der Waals surface area (Å²) in [5, 5.41) is 1.10. The number of hydrogen-bond donors (Lipinski definition) is 0. The van der Waals surface area contributed by atoms with Gasteiger partial charge in [-0.1, -0.05) is 36.1 Å². The van der Waals surface area contributed by atoms with Gasteiger partial charge in [-0.25, -0.2) is 4.98 Å². The molecule has 3 heteroatoms. The van der Waals surface area contributed by atoms with Crippen molar-refractivity contribution >= 4 is 22.8 Å². The summed E-state index contributed by atoms with van der Waals surface area (Å²) in [6, 6.07) is 6.75. The minimum absolute atomic E-state index is 0.284. The van der Waals surface area contributed by atoms with Crippen LogP contribution in [0.1, 0.15) is 18.5 Å². The molecule has 2 aliphatic rings. The van der Waals surface area contributed by atoms with Crippen LogP contribution in [0, 0.1) is 6.92 Å². The highest BCUT2D eigenvalue weighted by molar-refractivity contribution is 8.03. The zero-order valence-electron chi connectivity index (χ0n) is 10.9. The standard InChI is InChI=1S/C16H14N2S/c1-10-6-7-13-14(8-10)18-12-5-3-4-11(2)15(9-12)19-16(18)17-13/h3-9,12H,1-2H3. The molecule has 1 unspecified atom stereocenters. The summed E-state index contributed by atoms with van der Waals surface area (Å²) in [5.41, 5.74) is 4.91. The summed E-state index contributed by atoms with van der Waals surface area (Å²) < 4.78 is 2.33. The van der Waals surface area contributed by atoms with Crippen LogP contribution in [-0.2, 0) is 0 Å². The number of allylic oxidation sites excluding steroid dienone is 5. The highest BCUT2D eigenvalue weighted by Gasteiger charge is 2.24. The van der Waals surface area contributed by atoms with Crippen LogP contribution in [0.25, 0.3) is 11.0 Å². The Balaban J connectivity index is 2.00. The second-order valence-corrected chi connectivity index (χ2v) is 6.12. The molecule has 0 fully saturated rings. The van der Waals surface area contributed by atoms with E-state index in [0.717, 1.165) is 10.7 Å². The van der Waals surface area contributed by atoms with Crippen molar-refractivity contribution in [3.8, 4) is 0 Å². The summed E-state index contributed by atoms with van der Waals surface area (Å²) in [5.74, 6) is 0. The van der Waals surface area contributed by atoms with Gasteiger partial charge in [0.2, 0.25) is 0 Å². The van der Waals surface area contributed by atoms with Gasteiger partial charge in [-0.2, -0.15) is 0 Å². The Hall–Kier alpha value is -1.74. The average molecular weight is 266 g/mol. The van der Waals surface area contributed by atoms with Crippen molar-refractivity contribution in [1.29, 1.82) is 0 Å². The lowest BCUT2D eigenvalue weighted by Crippen LogP contribution is -2.09. The molecule has 4 rings (SSSR count). The van der Waals surface area contributed by atoms with E-state index in [0.29, 0.717) is 0 Å². The second-order valence-electron chi connectivity index (χ2n) is 5.11. The fraction of sp³-hybridized carbons (Fsp3) is 0.188. The number of benzene rings is 1. The van der Waals surface area contributed by atoms with E-state index < -0.39 is 0 Å². The zero-order valence-corrected chi connectivity index (χ0v) is 11.7. The Morgan fingerprint density at radius 3 is 3.05 bits per heavy atom. The maximum Gasteiger partial charge on any atom is 0.174 e. The van der Waals surface area contributed by atoms with Gasteiger partial charge in [-0.3, -0.25) is 0 Å². The van der Waals surface area contributed by atoms with Crippen molar-refractivity contribution in [3.63, 3.8) is 0 Å². The van der Waals surface area contributed by atoms with Gasteiger partial charge >= 0.3 is 0 Å². The Morgan fingerprint density at radius 2 is 2.16 bits per heavy atom. The van der Waals surface area contributed by atoms with E-state index in [2.05, 4.69) is 60.9 Å². The summed E-state index contributed by atoms with van der Waals surface area (Å²) in [7, 11) is 0. The fourth-order valence-electron chi connectivity index (χ4n) is 2.65. The number of thioether (sulfide) groups is 1. The Bertz CT molecular complexity index is 777. The van der Waals surface area contributed by atoms with Crippen LogP contribution >= 0.6 is 11.8 Å². The Labute approximate surface area is 116 Å². The summed E-state index contributed by atoms with van der Waals surface area (Å²) in [4.78, 5) is 6.11. The molecule has 1 aromatic heterocycles. The monoisotopic (exact) mass is 266 g/mol. The highest BCUT2D eigenvalue weighted by Crippen LogP contribution is 2.42. The van der Waals surface area contributed by atoms with Gasteiger partial charge in [0.25, 0.3) is 0 Å². The molecule has 0 N–H and O–H groups in total. The molecule has 1 aliphatic carbocycles. The maximum absolute atomic E-state index is 4.78. The van der Waals surface area contributed by atoms with E-state index in [4.69, 9.17) is 4.98 Å². The van der Waals surface area contributed by atoms with E-state index in [1.54, 1.807) is 11.8 Å². The van der Waals surface area contributed by atoms with Crippen LogP contribution in [-0.4, -0.2) is 9.55 Å². The van der Waals surface area contributed by atoms with Crippen molar-refractivity contribution in [3.05, 3.63) is 58.5 Å². The number of nitrogens with zero attached hydrogens (tertiary/aromatic N) is 2. The van der Waals surface area contributed by atoms with Crippen LogP contribution < -0.4 is 0 Å². The minimum atomic E-state index is 0.284. The van der Waals surface area contributed by atoms with Gasteiger partial charge in [0, 0.05) is 4.91 Å². The molecular weight excluding hydrogens is 252 g/mol. The van der Waals surface area contributed by atoms with E-state index in [-0.39, 0.29) is 6.04 Å². The first-order valence-corrected chi connectivity index (χ1v) is 7.28. The molecule has 2 bridgehead atoms. The maximum atomic E-state index is 4.78. The first kappa shape index (κ1) is 11.1. The van der Waals surface area contributed by atoms with Gasteiger partial charge < -0.3 is 4.57 Å². The fourth-order valence-corrected chi connectivity index (χ4v) is 3.75.